The molecule has 0 spiro atoms. The van der Waals surface area contributed by atoms with Crippen molar-refractivity contribution in [2.45, 2.75) is 25.7 Å². The van der Waals surface area contributed by atoms with Gasteiger partial charge < -0.3 is 4.90 Å². The Kier molecular flexibility index (Phi) is 3.68. The fourth-order valence-electron chi connectivity index (χ4n) is 3.25. The molecule has 1 unspecified atom stereocenters. The molecule has 0 saturated carbocycles. The van der Waals surface area contributed by atoms with E-state index in [-0.39, 0.29) is 11.8 Å². The number of rotatable bonds is 2. The third kappa shape index (κ3) is 2.62. The van der Waals surface area contributed by atoms with E-state index < -0.39 is 0 Å². The Labute approximate surface area is 139 Å². The first-order valence-electron chi connectivity index (χ1n) is 8.09. The predicted octanol–water partition coefficient (Wildman–Crippen LogP) is 1.85. The summed E-state index contributed by atoms with van der Waals surface area (Å²) in [5, 5.41) is 4.21. The van der Waals surface area contributed by atoms with Gasteiger partial charge in [0.25, 0.3) is 5.91 Å². The highest BCUT2D eigenvalue weighted by Gasteiger charge is 2.28. The number of likely N-dealkylation sites (tertiary alicyclic amines) is 1. The van der Waals surface area contributed by atoms with Gasteiger partial charge in [0.15, 0.2) is 5.65 Å². The van der Waals surface area contributed by atoms with E-state index >= 15 is 0 Å². The minimum atomic E-state index is -0.0146. The Morgan fingerprint density at radius 3 is 3.08 bits per heavy atom. The number of amides is 1. The number of carbonyl (C=O) groups is 1. The molecule has 1 aliphatic heterocycles. The van der Waals surface area contributed by atoms with E-state index in [1.807, 2.05) is 17.9 Å². The van der Waals surface area contributed by atoms with Crippen molar-refractivity contribution in [3.05, 3.63) is 54.0 Å². The second-order valence-corrected chi connectivity index (χ2v) is 6.07. The van der Waals surface area contributed by atoms with Crippen molar-refractivity contribution in [1.29, 1.82) is 0 Å². The Morgan fingerprint density at radius 2 is 2.21 bits per heavy atom. The number of aryl methyl sites for hydroxylation is 1. The average Bonchev–Trinajstić information content (AvgIpc) is 3.05. The van der Waals surface area contributed by atoms with Crippen LogP contribution in [0.2, 0.25) is 0 Å². The molecule has 0 aliphatic carbocycles. The molecule has 0 bridgehead atoms. The number of aromatic nitrogens is 5. The molecule has 3 aromatic heterocycles. The topological polar surface area (TPSA) is 76.3 Å². The monoisotopic (exact) mass is 322 g/mol. The van der Waals surface area contributed by atoms with Gasteiger partial charge in [0, 0.05) is 43.3 Å². The van der Waals surface area contributed by atoms with Crippen LogP contribution in [0.1, 0.15) is 40.6 Å². The fourth-order valence-corrected chi connectivity index (χ4v) is 3.25. The summed E-state index contributed by atoms with van der Waals surface area (Å²) in [6, 6.07) is 3.74. The van der Waals surface area contributed by atoms with Crippen LogP contribution in [0.3, 0.4) is 0 Å². The molecule has 1 fully saturated rings. The third-order valence-electron chi connectivity index (χ3n) is 4.43. The lowest BCUT2D eigenvalue weighted by atomic mass is 9.94. The maximum Gasteiger partial charge on any atom is 0.259 e. The van der Waals surface area contributed by atoms with Crippen LogP contribution < -0.4 is 0 Å². The molecule has 0 N–H and O–H groups in total. The van der Waals surface area contributed by atoms with Crippen LogP contribution in [0.25, 0.3) is 5.65 Å². The third-order valence-corrected chi connectivity index (χ3v) is 4.43. The van der Waals surface area contributed by atoms with Crippen molar-refractivity contribution in [2.24, 2.45) is 0 Å². The number of hydrogen-bond donors (Lipinski definition) is 0. The Hall–Kier alpha value is -2.83. The highest BCUT2D eigenvalue weighted by Crippen LogP contribution is 2.26. The first-order valence-corrected chi connectivity index (χ1v) is 8.09. The maximum absolute atomic E-state index is 12.9. The van der Waals surface area contributed by atoms with E-state index in [0.29, 0.717) is 17.8 Å². The van der Waals surface area contributed by atoms with Crippen LogP contribution in [0, 0.1) is 6.92 Å². The van der Waals surface area contributed by atoms with Crippen LogP contribution >= 0.6 is 0 Å². The van der Waals surface area contributed by atoms with Gasteiger partial charge in [-0.25, -0.2) is 19.5 Å². The molecule has 7 heteroatoms. The average molecular weight is 322 g/mol. The lowest BCUT2D eigenvalue weighted by Crippen LogP contribution is -2.39. The molecule has 7 nitrogen and oxygen atoms in total. The van der Waals surface area contributed by atoms with Gasteiger partial charge >= 0.3 is 0 Å². The Morgan fingerprint density at radius 1 is 1.29 bits per heavy atom. The molecule has 1 aliphatic rings. The molecule has 0 aromatic carbocycles. The van der Waals surface area contributed by atoms with Crippen molar-refractivity contribution in [3.63, 3.8) is 0 Å². The maximum atomic E-state index is 12.9. The zero-order valence-electron chi connectivity index (χ0n) is 13.5. The minimum absolute atomic E-state index is 0.0146. The summed E-state index contributed by atoms with van der Waals surface area (Å²) in [5.41, 5.74) is 2.16. The Balaban J connectivity index is 1.58. The van der Waals surface area contributed by atoms with Gasteiger partial charge in [-0.3, -0.25) is 4.79 Å². The molecule has 1 atom stereocenters. The van der Waals surface area contributed by atoms with E-state index in [1.165, 1.54) is 0 Å². The van der Waals surface area contributed by atoms with Crippen molar-refractivity contribution in [2.75, 3.05) is 13.1 Å². The van der Waals surface area contributed by atoms with Crippen LogP contribution in [-0.4, -0.2) is 48.5 Å². The van der Waals surface area contributed by atoms with Crippen molar-refractivity contribution in [1.82, 2.24) is 29.5 Å². The van der Waals surface area contributed by atoms with E-state index in [1.54, 1.807) is 35.4 Å². The second kappa shape index (κ2) is 5.99. The lowest BCUT2D eigenvalue weighted by molar-refractivity contribution is 0.0707. The first-order chi connectivity index (χ1) is 11.7. The number of piperidine rings is 1. The molecule has 4 heterocycles. The van der Waals surface area contributed by atoms with Crippen molar-refractivity contribution < 1.29 is 4.79 Å². The van der Waals surface area contributed by atoms with E-state index in [9.17, 15) is 4.79 Å². The van der Waals surface area contributed by atoms with Crippen LogP contribution in [-0.2, 0) is 0 Å². The van der Waals surface area contributed by atoms with Crippen LogP contribution in [0.5, 0.6) is 0 Å². The molecular formula is C17H18N6O. The zero-order chi connectivity index (χ0) is 16.5. The molecule has 24 heavy (non-hydrogen) atoms. The standard InChI is InChI=1S/C17H18N6O/c1-12-18-7-5-15(21-12)13-4-2-8-22(11-13)17(24)14-10-20-23-9-3-6-19-16(14)23/h3,5-7,9-10,13H,2,4,8,11H2,1H3. The number of fused-ring (bicyclic) bond motifs is 1. The minimum Gasteiger partial charge on any atom is -0.338 e. The second-order valence-electron chi connectivity index (χ2n) is 6.07. The summed E-state index contributed by atoms with van der Waals surface area (Å²) in [7, 11) is 0. The van der Waals surface area contributed by atoms with Gasteiger partial charge in [0.2, 0.25) is 0 Å². The highest BCUT2D eigenvalue weighted by atomic mass is 16.2. The summed E-state index contributed by atoms with van der Waals surface area (Å²) in [4.78, 5) is 27.8. The van der Waals surface area contributed by atoms with Gasteiger partial charge in [0.1, 0.15) is 11.4 Å². The van der Waals surface area contributed by atoms with Crippen LogP contribution in [0.4, 0.5) is 0 Å². The van der Waals surface area contributed by atoms with E-state index in [0.717, 1.165) is 30.9 Å². The van der Waals surface area contributed by atoms with Gasteiger partial charge in [-0.05, 0) is 31.9 Å². The van der Waals surface area contributed by atoms with Crippen molar-refractivity contribution in [3.8, 4) is 0 Å². The van der Waals surface area contributed by atoms with Gasteiger partial charge in [-0.2, -0.15) is 5.10 Å². The summed E-state index contributed by atoms with van der Waals surface area (Å²) in [5.74, 6) is 1.00. The molecule has 4 rings (SSSR count). The number of nitrogens with zero attached hydrogens (tertiary/aromatic N) is 6. The SMILES string of the molecule is Cc1nccc(C2CCCN(C(=O)c3cnn4cccnc34)C2)n1. The summed E-state index contributed by atoms with van der Waals surface area (Å²) < 4.78 is 1.63. The molecular weight excluding hydrogens is 304 g/mol. The number of hydrogen-bond acceptors (Lipinski definition) is 5. The van der Waals surface area contributed by atoms with E-state index in [4.69, 9.17) is 0 Å². The summed E-state index contributed by atoms with van der Waals surface area (Å²) in [6.07, 6.45) is 8.86. The zero-order valence-corrected chi connectivity index (χ0v) is 13.5. The quantitative estimate of drug-likeness (QED) is 0.719. The van der Waals surface area contributed by atoms with Gasteiger partial charge in [0.05, 0.1) is 6.20 Å². The lowest BCUT2D eigenvalue weighted by Gasteiger charge is -2.32. The van der Waals surface area contributed by atoms with Gasteiger partial charge in [-0.15, -0.1) is 0 Å². The molecule has 1 saturated heterocycles. The van der Waals surface area contributed by atoms with Crippen LogP contribution in [0.15, 0.2) is 36.9 Å². The van der Waals surface area contributed by atoms with Gasteiger partial charge in [-0.1, -0.05) is 0 Å². The predicted molar refractivity (Wildman–Crippen MR) is 87.6 cm³/mol. The molecule has 3 aromatic rings. The normalized spacial score (nSPS) is 18.0. The number of carbonyl (C=O) groups excluding carboxylic acids is 1. The summed E-state index contributed by atoms with van der Waals surface area (Å²) >= 11 is 0. The molecule has 1 amide bonds. The fraction of sp³-hybridized carbons (Fsp3) is 0.353. The Bertz CT molecular complexity index is 889. The molecule has 122 valence electrons. The van der Waals surface area contributed by atoms with Crippen molar-refractivity contribution >= 4 is 11.6 Å². The first kappa shape index (κ1) is 14.7. The largest absolute Gasteiger partial charge is 0.338 e. The highest BCUT2D eigenvalue weighted by molar-refractivity contribution is 5.99. The molecule has 0 radical (unpaired) electrons. The van der Waals surface area contributed by atoms with E-state index in [2.05, 4.69) is 20.1 Å². The smallest absolute Gasteiger partial charge is 0.259 e. The summed E-state index contributed by atoms with van der Waals surface area (Å²) in [6.45, 7) is 3.31.